The molecule has 0 spiro atoms. The molecular weight excluding hydrogens is 663 g/mol. The highest BCUT2D eigenvalue weighted by atomic mass is 15.0. The first-order chi connectivity index (χ1) is 26.7. The molecule has 54 heavy (non-hydrogen) atoms. The van der Waals surface area contributed by atoms with Crippen LogP contribution in [0.2, 0.25) is 0 Å². The maximum absolute atomic E-state index is 10.8. The van der Waals surface area contributed by atoms with Crippen molar-refractivity contribution < 1.29 is 0 Å². The molecule has 0 aliphatic rings. The first kappa shape index (κ1) is 30.7. The summed E-state index contributed by atoms with van der Waals surface area (Å²) in [4.78, 5) is 9.81. The van der Waals surface area contributed by atoms with Crippen molar-refractivity contribution in [3.05, 3.63) is 168 Å². The molecule has 10 rings (SSSR count). The molecule has 0 radical (unpaired) electrons. The molecule has 0 fully saturated rings. The van der Waals surface area contributed by atoms with Crippen LogP contribution >= 0.6 is 0 Å². The molecule has 0 N–H and O–H groups in total. The summed E-state index contributed by atoms with van der Waals surface area (Å²) in [6.45, 7) is 0. The zero-order valence-corrected chi connectivity index (χ0v) is 28.6. The number of fused-ring (bicyclic) bond motifs is 8. The van der Waals surface area contributed by atoms with Crippen molar-refractivity contribution in [1.29, 1.82) is 15.8 Å². The third-order valence-electron chi connectivity index (χ3n) is 10.2. The van der Waals surface area contributed by atoms with Crippen molar-refractivity contribution in [3.63, 3.8) is 0 Å². The Labute approximate surface area is 309 Å². The Kier molecular flexibility index (Phi) is 6.85. The van der Waals surface area contributed by atoms with Gasteiger partial charge in [-0.3, -0.25) is 0 Å². The molecule has 10 aromatic rings. The van der Waals surface area contributed by atoms with Crippen molar-refractivity contribution in [2.24, 2.45) is 0 Å². The molecule has 0 bridgehead atoms. The van der Waals surface area contributed by atoms with Crippen molar-refractivity contribution in [2.45, 2.75) is 0 Å². The van der Waals surface area contributed by atoms with Gasteiger partial charge in [-0.2, -0.15) is 15.8 Å². The molecule has 0 unspecified atom stereocenters. The zero-order chi connectivity index (χ0) is 36.3. The molecule has 3 aromatic heterocycles. The van der Waals surface area contributed by atoms with E-state index in [2.05, 4.69) is 106 Å². The van der Waals surface area contributed by atoms with E-state index < -0.39 is 0 Å². The summed E-state index contributed by atoms with van der Waals surface area (Å²) in [5.74, 6) is 0.423. The molecule has 0 saturated heterocycles. The lowest BCUT2D eigenvalue weighted by molar-refractivity contribution is 1.17. The van der Waals surface area contributed by atoms with Crippen LogP contribution in [0, 0.1) is 34.0 Å². The fourth-order valence-corrected chi connectivity index (χ4v) is 7.91. The van der Waals surface area contributed by atoms with Crippen LogP contribution in [-0.4, -0.2) is 19.1 Å². The maximum atomic E-state index is 10.8. The Morgan fingerprint density at radius 2 is 1.15 bits per heavy atom. The second-order valence-corrected chi connectivity index (χ2v) is 13.1. The summed E-state index contributed by atoms with van der Waals surface area (Å²) in [5.41, 5.74) is 9.39. The summed E-state index contributed by atoms with van der Waals surface area (Å²) < 4.78 is 4.57. The summed E-state index contributed by atoms with van der Waals surface area (Å²) in [6.07, 6.45) is 0. The summed E-state index contributed by atoms with van der Waals surface area (Å²) >= 11 is 0. The molecule has 3 heterocycles. The van der Waals surface area contributed by atoms with E-state index in [1.807, 2.05) is 60.7 Å². The predicted molar refractivity (Wildman–Crippen MR) is 213 cm³/mol. The van der Waals surface area contributed by atoms with E-state index in [0.717, 1.165) is 60.5 Å². The van der Waals surface area contributed by atoms with E-state index in [1.54, 1.807) is 12.1 Å². The molecule has 7 aromatic carbocycles. The molecule has 0 aliphatic heterocycles. The Bertz CT molecular complexity index is 3300. The molecule has 7 nitrogen and oxygen atoms in total. The van der Waals surface area contributed by atoms with Crippen LogP contribution in [0.15, 0.2) is 152 Å². The van der Waals surface area contributed by atoms with E-state index in [9.17, 15) is 15.8 Å². The van der Waals surface area contributed by atoms with Gasteiger partial charge in [-0.25, -0.2) is 9.97 Å². The Morgan fingerprint density at radius 1 is 0.463 bits per heavy atom. The van der Waals surface area contributed by atoms with Crippen molar-refractivity contribution in [3.8, 4) is 52.2 Å². The number of aromatic nitrogens is 4. The lowest BCUT2D eigenvalue weighted by Gasteiger charge is -2.14. The van der Waals surface area contributed by atoms with Crippen molar-refractivity contribution >= 4 is 54.5 Å². The minimum absolute atomic E-state index is 0.268. The van der Waals surface area contributed by atoms with Crippen molar-refractivity contribution in [2.75, 3.05) is 0 Å². The lowest BCUT2D eigenvalue weighted by atomic mass is 9.97. The summed E-state index contributed by atoms with van der Waals surface area (Å²) in [7, 11) is 0. The topological polar surface area (TPSA) is 107 Å². The number of para-hydroxylation sites is 3. The molecule has 7 heteroatoms. The van der Waals surface area contributed by atoms with Crippen LogP contribution in [0.25, 0.3) is 88.5 Å². The SMILES string of the molecule is N#Cc1cc(C#N)c2nc(-c3ccccc3)nc(-c3ccc(-n4c5ccccc5c5ccc6c(c7ccccc7n6-c6ccccc6)c54)cc3C#N)c2c1. The number of nitriles is 3. The van der Waals surface area contributed by atoms with E-state index in [0.29, 0.717) is 39.1 Å². The molecular formula is C47H25N7. The fourth-order valence-electron chi connectivity index (χ4n) is 7.91. The van der Waals surface area contributed by atoms with Gasteiger partial charge in [-0.05, 0) is 60.7 Å². The van der Waals surface area contributed by atoms with Gasteiger partial charge in [-0.1, -0.05) is 91.0 Å². The molecule has 0 aliphatic carbocycles. The lowest BCUT2D eigenvalue weighted by Crippen LogP contribution is -2.01. The monoisotopic (exact) mass is 687 g/mol. The van der Waals surface area contributed by atoms with Crippen LogP contribution in [0.1, 0.15) is 16.7 Å². The minimum atomic E-state index is 0.268. The van der Waals surface area contributed by atoms with Crippen LogP contribution in [-0.2, 0) is 0 Å². The Morgan fingerprint density at radius 3 is 1.89 bits per heavy atom. The van der Waals surface area contributed by atoms with Crippen LogP contribution in [0.5, 0.6) is 0 Å². The fraction of sp³-hybridized carbons (Fsp3) is 0. The number of hydrogen-bond acceptors (Lipinski definition) is 5. The average Bonchev–Trinajstić information content (AvgIpc) is 3.76. The van der Waals surface area contributed by atoms with E-state index in [-0.39, 0.29) is 5.56 Å². The highest BCUT2D eigenvalue weighted by Gasteiger charge is 2.23. The van der Waals surface area contributed by atoms with Crippen molar-refractivity contribution in [1.82, 2.24) is 19.1 Å². The summed E-state index contributed by atoms with van der Waals surface area (Å²) in [6, 6.07) is 57.2. The third kappa shape index (κ3) is 4.52. The maximum Gasteiger partial charge on any atom is 0.160 e. The van der Waals surface area contributed by atoms with E-state index in [4.69, 9.17) is 9.97 Å². The highest BCUT2D eigenvalue weighted by molar-refractivity contribution is 6.26. The molecule has 0 amide bonds. The average molecular weight is 688 g/mol. The van der Waals surface area contributed by atoms with Crippen LogP contribution < -0.4 is 0 Å². The largest absolute Gasteiger partial charge is 0.309 e. The first-order valence-electron chi connectivity index (χ1n) is 17.4. The summed E-state index contributed by atoms with van der Waals surface area (Å²) in [5, 5.41) is 35.8. The standard InChI is InChI=1S/C47H25N7/c48-26-29-23-32(28-50)44-39(24-29)45(52-47(51-44)30-11-3-1-4-12-30)35-20-19-34(25-31(35)27-49)54-40-17-9-7-15-36(40)37-21-22-42-43(46(37)54)38-16-8-10-18-41(38)53(42)33-13-5-2-6-14-33/h1-25H. The number of hydrogen-bond donors (Lipinski definition) is 0. The number of rotatable bonds is 4. The highest BCUT2D eigenvalue weighted by Crippen LogP contribution is 2.43. The number of nitrogens with zero attached hydrogens (tertiary/aromatic N) is 7. The first-order valence-corrected chi connectivity index (χ1v) is 17.4. The second kappa shape index (κ2) is 12.0. The predicted octanol–water partition coefficient (Wildman–Crippen LogP) is 10.8. The molecule has 0 saturated carbocycles. The van der Waals surface area contributed by atoms with Gasteiger partial charge in [0, 0.05) is 49.4 Å². The van der Waals surface area contributed by atoms with Gasteiger partial charge in [0.05, 0.1) is 62.1 Å². The smallest absolute Gasteiger partial charge is 0.160 e. The van der Waals surface area contributed by atoms with Gasteiger partial charge in [-0.15, -0.1) is 0 Å². The van der Waals surface area contributed by atoms with Gasteiger partial charge in [0.1, 0.15) is 6.07 Å². The van der Waals surface area contributed by atoms with Gasteiger partial charge in [0.25, 0.3) is 0 Å². The van der Waals surface area contributed by atoms with Gasteiger partial charge >= 0.3 is 0 Å². The molecule has 0 atom stereocenters. The van der Waals surface area contributed by atoms with Gasteiger partial charge < -0.3 is 9.13 Å². The third-order valence-corrected chi connectivity index (χ3v) is 10.2. The second-order valence-electron chi connectivity index (χ2n) is 13.1. The van der Waals surface area contributed by atoms with Crippen LogP contribution in [0.4, 0.5) is 0 Å². The van der Waals surface area contributed by atoms with E-state index in [1.165, 1.54) is 0 Å². The quantitative estimate of drug-likeness (QED) is 0.183. The van der Waals surface area contributed by atoms with Crippen LogP contribution in [0.3, 0.4) is 0 Å². The number of benzene rings is 7. The zero-order valence-electron chi connectivity index (χ0n) is 28.6. The van der Waals surface area contributed by atoms with Gasteiger partial charge in [0.15, 0.2) is 5.82 Å². The minimum Gasteiger partial charge on any atom is -0.309 e. The Balaban J connectivity index is 1.28. The van der Waals surface area contributed by atoms with Gasteiger partial charge in [0.2, 0.25) is 0 Å². The van der Waals surface area contributed by atoms with E-state index >= 15 is 0 Å². The Hall–Kier alpha value is -8.05. The normalized spacial score (nSPS) is 11.3. The molecule has 248 valence electrons.